The smallest absolute Gasteiger partial charge is 0.257 e. The summed E-state index contributed by atoms with van der Waals surface area (Å²) in [5, 5.41) is 9.74. The number of hydrogen-bond donors (Lipinski definition) is 1. The second kappa shape index (κ2) is 8.29. The summed E-state index contributed by atoms with van der Waals surface area (Å²) in [5.41, 5.74) is 0.864. The molecule has 4 rings (SSSR count). The van der Waals surface area contributed by atoms with Gasteiger partial charge in [0.1, 0.15) is 11.6 Å². The van der Waals surface area contributed by atoms with Gasteiger partial charge in [-0.2, -0.15) is 0 Å². The van der Waals surface area contributed by atoms with Crippen LogP contribution in [0.25, 0.3) is 0 Å². The predicted molar refractivity (Wildman–Crippen MR) is 104 cm³/mol. The van der Waals surface area contributed by atoms with Gasteiger partial charge in [0.25, 0.3) is 5.91 Å². The Labute approximate surface area is 164 Å². The van der Waals surface area contributed by atoms with E-state index in [1.54, 1.807) is 4.90 Å². The number of phenols is 1. The molecule has 2 fully saturated rings. The molecule has 148 valence electrons. The fraction of sp³-hybridized carbons (Fsp3) is 0.409. The number of nitrogens with zero attached hydrogens (tertiary/aromatic N) is 2. The molecule has 2 aliphatic heterocycles. The number of aromatic hydroxyl groups is 1. The fourth-order valence-electron chi connectivity index (χ4n) is 4.21. The quantitative estimate of drug-likeness (QED) is 0.880. The molecular weight excluding hydrogens is 359 g/mol. The van der Waals surface area contributed by atoms with Crippen LogP contribution in [0.15, 0.2) is 48.5 Å². The van der Waals surface area contributed by atoms with E-state index in [4.69, 9.17) is 4.74 Å². The summed E-state index contributed by atoms with van der Waals surface area (Å²) in [7, 11) is 0. The van der Waals surface area contributed by atoms with Crippen molar-refractivity contribution < 1.29 is 19.0 Å². The average molecular weight is 384 g/mol. The number of carbonyl (C=O) groups is 1. The van der Waals surface area contributed by atoms with Crippen molar-refractivity contribution in [2.24, 2.45) is 0 Å². The molecule has 0 aromatic heterocycles. The Bertz CT molecular complexity index is 824. The zero-order valence-electron chi connectivity index (χ0n) is 15.8. The second-order valence-corrected chi connectivity index (χ2v) is 7.44. The van der Waals surface area contributed by atoms with Gasteiger partial charge in [0.15, 0.2) is 0 Å². The molecule has 0 spiro atoms. The Morgan fingerprint density at radius 1 is 1.11 bits per heavy atom. The normalized spacial score (nSPS) is 23.1. The molecule has 6 heteroatoms. The first-order valence-corrected chi connectivity index (χ1v) is 9.82. The van der Waals surface area contributed by atoms with Crippen LogP contribution in [0.4, 0.5) is 4.39 Å². The third-order valence-electron chi connectivity index (χ3n) is 5.57. The summed E-state index contributed by atoms with van der Waals surface area (Å²) in [6.07, 6.45) is 2.18. The van der Waals surface area contributed by atoms with Gasteiger partial charge in [0.2, 0.25) is 0 Å². The van der Waals surface area contributed by atoms with Crippen LogP contribution in [0.2, 0.25) is 0 Å². The first-order chi connectivity index (χ1) is 13.6. The Hall–Kier alpha value is -2.44. The Morgan fingerprint density at radius 3 is 2.61 bits per heavy atom. The van der Waals surface area contributed by atoms with E-state index in [1.165, 1.54) is 25.0 Å². The highest BCUT2D eigenvalue weighted by Crippen LogP contribution is 2.33. The molecule has 2 saturated heterocycles. The molecule has 0 saturated carbocycles. The largest absolute Gasteiger partial charge is 0.508 e. The van der Waals surface area contributed by atoms with Gasteiger partial charge in [-0.1, -0.05) is 30.3 Å². The van der Waals surface area contributed by atoms with E-state index in [1.807, 2.05) is 30.3 Å². The molecule has 2 aromatic rings. The summed E-state index contributed by atoms with van der Waals surface area (Å²) in [5.74, 6) is -1.17. The lowest BCUT2D eigenvalue weighted by atomic mass is 9.96. The van der Waals surface area contributed by atoms with Crippen molar-refractivity contribution in [2.45, 2.75) is 25.0 Å². The standard InChI is InChI=1S/C22H25FN2O3/c23-19-9-8-17(26)14-18(19)22(27)25-12-13-28-20(15-24-10-4-5-11-24)21(25)16-6-2-1-3-7-16/h1-3,6-9,14,20-21,26H,4-5,10-13,15H2/t20-,21-/m0/s1. The highest BCUT2D eigenvalue weighted by molar-refractivity contribution is 5.95. The number of ether oxygens (including phenoxy) is 1. The van der Waals surface area contributed by atoms with Crippen molar-refractivity contribution in [1.82, 2.24) is 9.80 Å². The van der Waals surface area contributed by atoms with Crippen molar-refractivity contribution in [3.8, 4) is 5.75 Å². The monoisotopic (exact) mass is 384 g/mol. The van der Waals surface area contributed by atoms with E-state index in [0.717, 1.165) is 31.3 Å². The van der Waals surface area contributed by atoms with Gasteiger partial charge in [0.05, 0.1) is 24.3 Å². The molecule has 1 amide bonds. The minimum absolute atomic E-state index is 0.109. The summed E-state index contributed by atoms with van der Waals surface area (Å²) in [4.78, 5) is 17.3. The lowest BCUT2D eigenvalue weighted by molar-refractivity contribution is -0.0708. The molecule has 2 heterocycles. The molecule has 1 N–H and O–H groups in total. The van der Waals surface area contributed by atoms with Crippen molar-refractivity contribution in [2.75, 3.05) is 32.8 Å². The maximum absolute atomic E-state index is 14.3. The van der Waals surface area contributed by atoms with Crippen molar-refractivity contribution in [3.63, 3.8) is 0 Å². The minimum Gasteiger partial charge on any atom is -0.508 e. The lowest BCUT2D eigenvalue weighted by Gasteiger charge is -2.42. The van der Waals surface area contributed by atoms with E-state index >= 15 is 0 Å². The summed E-state index contributed by atoms with van der Waals surface area (Å²) in [6, 6.07) is 13.0. The molecule has 2 atom stereocenters. The van der Waals surface area contributed by atoms with Gasteiger partial charge in [-0.25, -0.2) is 4.39 Å². The summed E-state index contributed by atoms with van der Waals surface area (Å²) < 4.78 is 20.4. The van der Waals surface area contributed by atoms with Crippen LogP contribution < -0.4 is 0 Å². The SMILES string of the molecule is O=C(c1cc(O)ccc1F)N1CCO[C@@H](CN2CCCC2)[C@@H]1c1ccccc1. The van der Waals surface area contributed by atoms with E-state index < -0.39 is 11.7 Å². The molecule has 2 aromatic carbocycles. The number of amides is 1. The number of phenolic OH excluding ortho intramolecular Hbond substituents is 1. The zero-order valence-corrected chi connectivity index (χ0v) is 15.8. The van der Waals surface area contributed by atoms with Gasteiger partial charge in [0, 0.05) is 13.1 Å². The molecule has 0 bridgehead atoms. The number of benzene rings is 2. The van der Waals surface area contributed by atoms with Gasteiger partial charge < -0.3 is 19.6 Å². The maximum atomic E-state index is 14.3. The number of rotatable bonds is 4. The highest BCUT2D eigenvalue weighted by Gasteiger charge is 2.38. The number of hydrogen-bond acceptors (Lipinski definition) is 4. The third kappa shape index (κ3) is 3.88. The topological polar surface area (TPSA) is 53.0 Å². The average Bonchev–Trinajstić information content (AvgIpc) is 3.23. The second-order valence-electron chi connectivity index (χ2n) is 7.44. The lowest BCUT2D eigenvalue weighted by Crippen LogP contribution is -2.51. The van der Waals surface area contributed by atoms with E-state index in [0.29, 0.717) is 13.2 Å². The fourth-order valence-corrected chi connectivity index (χ4v) is 4.21. The molecule has 5 nitrogen and oxygen atoms in total. The Kier molecular flexibility index (Phi) is 5.59. The molecular formula is C22H25FN2O3. The van der Waals surface area contributed by atoms with Crippen LogP contribution in [-0.2, 0) is 4.74 Å². The number of morpholine rings is 1. The van der Waals surface area contributed by atoms with Gasteiger partial charge in [-0.05, 0) is 49.7 Å². The van der Waals surface area contributed by atoms with Crippen LogP contribution in [0, 0.1) is 5.82 Å². The van der Waals surface area contributed by atoms with Crippen molar-refractivity contribution in [1.29, 1.82) is 0 Å². The van der Waals surface area contributed by atoms with Crippen LogP contribution in [-0.4, -0.2) is 59.7 Å². The zero-order chi connectivity index (χ0) is 19.5. The number of likely N-dealkylation sites (tertiary alicyclic amines) is 1. The predicted octanol–water partition coefficient (Wildman–Crippen LogP) is 3.21. The van der Waals surface area contributed by atoms with E-state index in [9.17, 15) is 14.3 Å². The van der Waals surface area contributed by atoms with Gasteiger partial charge in [-0.3, -0.25) is 4.79 Å². The molecule has 2 aliphatic rings. The summed E-state index contributed by atoms with van der Waals surface area (Å²) in [6.45, 7) is 3.61. The molecule has 0 aliphatic carbocycles. The third-order valence-corrected chi connectivity index (χ3v) is 5.57. The van der Waals surface area contributed by atoms with E-state index in [2.05, 4.69) is 4.90 Å². The van der Waals surface area contributed by atoms with Gasteiger partial charge in [-0.15, -0.1) is 0 Å². The van der Waals surface area contributed by atoms with Crippen LogP contribution in [0.5, 0.6) is 5.75 Å². The van der Waals surface area contributed by atoms with Crippen LogP contribution in [0.3, 0.4) is 0 Å². The highest BCUT2D eigenvalue weighted by atomic mass is 19.1. The van der Waals surface area contributed by atoms with Gasteiger partial charge >= 0.3 is 0 Å². The number of halogens is 1. The maximum Gasteiger partial charge on any atom is 0.257 e. The number of carbonyl (C=O) groups excluding carboxylic acids is 1. The van der Waals surface area contributed by atoms with Crippen LogP contribution >= 0.6 is 0 Å². The molecule has 0 unspecified atom stereocenters. The Morgan fingerprint density at radius 2 is 1.86 bits per heavy atom. The molecule has 0 radical (unpaired) electrons. The van der Waals surface area contributed by atoms with E-state index in [-0.39, 0.29) is 23.5 Å². The van der Waals surface area contributed by atoms with Crippen molar-refractivity contribution in [3.05, 3.63) is 65.5 Å². The first-order valence-electron chi connectivity index (χ1n) is 9.82. The minimum atomic E-state index is -0.628. The molecule has 28 heavy (non-hydrogen) atoms. The van der Waals surface area contributed by atoms with Crippen molar-refractivity contribution >= 4 is 5.91 Å². The Balaban J connectivity index is 1.67. The summed E-state index contributed by atoms with van der Waals surface area (Å²) >= 11 is 0. The first kappa shape index (κ1) is 18.9. The van der Waals surface area contributed by atoms with Crippen LogP contribution in [0.1, 0.15) is 34.8 Å².